The first-order chi connectivity index (χ1) is 7.77. The van der Waals surface area contributed by atoms with Crippen LogP contribution in [0, 0.1) is 6.92 Å². The van der Waals surface area contributed by atoms with Crippen LogP contribution in [0.4, 0.5) is 0 Å². The third-order valence-electron chi connectivity index (χ3n) is 1.83. The maximum Gasteiger partial charge on any atom is 0.294 e. The maximum absolute atomic E-state index is 10.5. The molecule has 0 saturated heterocycles. The third-order valence-corrected chi connectivity index (χ3v) is 2.69. The van der Waals surface area contributed by atoms with Gasteiger partial charge in [0.05, 0.1) is 11.0 Å². The molecule has 0 bridgehead atoms. The van der Waals surface area contributed by atoms with Gasteiger partial charge in [-0.3, -0.25) is 4.55 Å². The topological polar surface area (TPSA) is 74.6 Å². The van der Waals surface area contributed by atoms with Crippen LogP contribution in [0.1, 0.15) is 18.9 Å². The number of aliphatic hydroxyl groups excluding tert-OH is 1. The molecule has 0 amide bonds. The van der Waals surface area contributed by atoms with Crippen LogP contribution in [0.15, 0.2) is 41.8 Å². The van der Waals surface area contributed by atoms with Gasteiger partial charge in [0.2, 0.25) is 0 Å². The van der Waals surface area contributed by atoms with E-state index in [0.717, 1.165) is 5.56 Å². The van der Waals surface area contributed by atoms with E-state index >= 15 is 0 Å². The highest BCUT2D eigenvalue weighted by atomic mass is 32.2. The summed E-state index contributed by atoms with van der Waals surface area (Å²) in [4.78, 5) is -0.0666. The molecule has 1 atom stereocenters. The molecule has 0 heterocycles. The van der Waals surface area contributed by atoms with Crippen molar-refractivity contribution in [3.8, 4) is 0 Å². The normalized spacial score (nSPS) is 12.2. The number of aliphatic hydroxyl groups is 1. The van der Waals surface area contributed by atoms with Gasteiger partial charge in [0.1, 0.15) is 0 Å². The monoisotopic (exact) mass is 258 g/mol. The van der Waals surface area contributed by atoms with Crippen LogP contribution < -0.4 is 0 Å². The molecule has 1 aromatic rings. The average Bonchev–Trinajstić information content (AvgIpc) is 2.17. The van der Waals surface area contributed by atoms with Gasteiger partial charge in [-0.15, -0.1) is 6.58 Å². The lowest BCUT2D eigenvalue weighted by Gasteiger charge is -1.95. The zero-order valence-corrected chi connectivity index (χ0v) is 10.8. The molecule has 0 radical (unpaired) electrons. The minimum atomic E-state index is -4.02. The Morgan fingerprint density at radius 3 is 2.06 bits per heavy atom. The number of benzene rings is 1. The zero-order chi connectivity index (χ0) is 13.5. The van der Waals surface area contributed by atoms with Crippen LogP contribution in [0.3, 0.4) is 0 Å². The minimum absolute atomic E-state index is 0.0666. The third kappa shape index (κ3) is 7.68. The van der Waals surface area contributed by atoms with Crippen molar-refractivity contribution in [3.63, 3.8) is 0 Å². The molecule has 2 N–H and O–H groups in total. The van der Waals surface area contributed by atoms with Gasteiger partial charge in [0.15, 0.2) is 0 Å². The van der Waals surface area contributed by atoms with E-state index in [1.165, 1.54) is 12.1 Å². The minimum Gasteiger partial charge on any atom is -0.393 e. The predicted octanol–water partition coefficient (Wildman–Crippen LogP) is 2.19. The summed E-state index contributed by atoms with van der Waals surface area (Å²) in [7, 11) is -4.02. The molecule has 0 spiro atoms. The first-order valence-electron chi connectivity index (χ1n) is 5.10. The summed E-state index contributed by atoms with van der Waals surface area (Å²) < 4.78 is 29.6. The van der Waals surface area contributed by atoms with Crippen molar-refractivity contribution in [2.75, 3.05) is 0 Å². The van der Waals surface area contributed by atoms with Gasteiger partial charge in [-0.25, -0.2) is 0 Å². The van der Waals surface area contributed by atoms with Crippen molar-refractivity contribution < 1.29 is 18.1 Å². The van der Waals surface area contributed by atoms with E-state index in [-0.39, 0.29) is 11.0 Å². The van der Waals surface area contributed by atoms with Crippen molar-refractivity contribution in [1.29, 1.82) is 0 Å². The molecule has 0 aliphatic rings. The fourth-order valence-electron chi connectivity index (χ4n) is 0.951. The second kappa shape index (κ2) is 7.21. The molecule has 0 saturated carbocycles. The number of hydrogen-bond donors (Lipinski definition) is 2. The molecule has 0 aliphatic carbocycles. The summed E-state index contributed by atoms with van der Waals surface area (Å²) in [6.45, 7) is 7.02. The van der Waals surface area contributed by atoms with Crippen molar-refractivity contribution in [3.05, 3.63) is 42.5 Å². The lowest BCUT2D eigenvalue weighted by molar-refractivity contribution is 0.198. The maximum atomic E-state index is 10.5. The van der Waals surface area contributed by atoms with E-state index in [4.69, 9.17) is 9.66 Å². The van der Waals surface area contributed by atoms with Crippen LogP contribution in [0.5, 0.6) is 0 Å². The second-order valence-electron chi connectivity index (χ2n) is 3.66. The molecule has 96 valence electrons. The Hall–Kier alpha value is -1.17. The molecular formula is C12H18O4S. The smallest absolute Gasteiger partial charge is 0.294 e. The molecule has 1 rings (SSSR count). The summed E-state index contributed by atoms with van der Waals surface area (Å²) in [6, 6.07) is 5.99. The lowest BCUT2D eigenvalue weighted by Crippen LogP contribution is -1.96. The van der Waals surface area contributed by atoms with E-state index in [0.29, 0.717) is 6.42 Å². The van der Waals surface area contributed by atoms with E-state index < -0.39 is 10.1 Å². The molecule has 4 nitrogen and oxygen atoms in total. The predicted molar refractivity (Wildman–Crippen MR) is 67.5 cm³/mol. The molecular weight excluding hydrogens is 240 g/mol. The molecule has 0 unspecified atom stereocenters. The van der Waals surface area contributed by atoms with Gasteiger partial charge in [0.25, 0.3) is 10.1 Å². The molecule has 0 aromatic heterocycles. The fourth-order valence-corrected chi connectivity index (χ4v) is 1.43. The first kappa shape index (κ1) is 15.8. The highest BCUT2D eigenvalue weighted by molar-refractivity contribution is 7.85. The zero-order valence-electron chi connectivity index (χ0n) is 10.00. The second-order valence-corrected chi connectivity index (χ2v) is 5.08. The van der Waals surface area contributed by atoms with Gasteiger partial charge in [0, 0.05) is 0 Å². The SMILES string of the molecule is C=CC[C@H](C)O.Cc1ccc(S(=O)(=O)O)cc1. The van der Waals surface area contributed by atoms with Gasteiger partial charge in [-0.1, -0.05) is 23.8 Å². The Morgan fingerprint density at radius 2 is 1.82 bits per heavy atom. The molecule has 1 aromatic carbocycles. The summed E-state index contributed by atoms with van der Waals surface area (Å²) in [6.07, 6.45) is 2.17. The lowest BCUT2D eigenvalue weighted by atomic mass is 10.2. The molecule has 0 aliphatic heterocycles. The van der Waals surface area contributed by atoms with E-state index in [1.54, 1.807) is 25.1 Å². The standard InChI is InChI=1S/C7H8O3S.C5H10O/c1-6-2-4-7(5-3-6)11(8,9)10;1-3-4-5(2)6/h2-5H,1H3,(H,8,9,10);3,5-6H,1,4H2,2H3/t;5-/m.0/s1. The largest absolute Gasteiger partial charge is 0.393 e. The van der Waals surface area contributed by atoms with Gasteiger partial charge in [-0.05, 0) is 32.4 Å². The molecule has 0 fully saturated rings. The first-order valence-corrected chi connectivity index (χ1v) is 6.54. The molecule has 17 heavy (non-hydrogen) atoms. The van der Waals surface area contributed by atoms with Crippen molar-refractivity contribution in [1.82, 2.24) is 0 Å². The fraction of sp³-hybridized carbons (Fsp3) is 0.333. The van der Waals surface area contributed by atoms with Crippen molar-refractivity contribution >= 4 is 10.1 Å². The summed E-state index contributed by atoms with van der Waals surface area (Å²) in [5.41, 5.74) is 0.956. The highest BCUT2D eigenvalue weighted by Gasteiger charge is 2.06. The van der Waals surface area contributed by atoms with Crippen LogP contribution >= 0.6 is 0 Å². The Labute approximate surface area is 102 Å². The van der Waals surface area contributed by atoms with Gasteiger partial charge < -0.3 is 5.11 Å². The van der Waals surface area contributed by atoms with Crippen LogP contribution in [0.25, 0.3) is 0 Å². The van der Waals surface area contributed by atoms with Crippen LogP contribution in [-0.4, -0.2) is 24.2 Å². The Kier molecular flexibility index (Phi) is 6.72. The van der Waals surface area contributed by atoms with Crippen LogP contribution in [0.2, 0.25) is 0 Å². The van der Waals surface area contributed by atoms with Gasteiger partial charge in [-0.2, -0.15) is 8.42 Å². The number of rotatable bonds is 3. The Balaban J connectivity index is 0.000000366. The number of hydrogen-bond acceptors (Lipinski definition) is 3. The average molecular weight is 258 g/mol. The summed E-state index contributed by atoms with van der Waals surface area (Å²) in [5, 5.41) is 8.48. The van der Waals surface area contributed by atoms with E-state index in [2.05, 4.69) is 6.58 Å². The number of aryl methyl sites for hydroxylation is 1. The van der Waals surface area contributed by atoms with Gasteiger partial charge >= 0.3 is 0 Å². The van der Waals surface area contributed by atoms with E-state index in [9.17, 15) is 8.42 Å². The Morgan fingerprint density at radius 1 is 1.35 bits per heavy atom. The quantitative estimate of drug-likeness (QED) is 0.643. The summed E-state index contributed by atoms with van der Waals surface area (Å²) >= 11 is 0. The van der Waals surface area contributed by atoms with Crippen LogP contribution in [-0.2, 0) is 10.1 Å². The van der Waals surface area contributed by atoms with E-state index in [1.807, 2.05) is 6.92 Å². The van der Waals surface area contributed by atoms with Crippen molar-refractivity contribution in [2.24, 2.45) is 0 Å². The van der Waals surface area contributed by atoms with Crippen molar-refractivity contribution in [2.45, 2.75) is 31.3 Å². The Bertz CT molecular complexity index is 432. The molecule has 5 heteroatoms. The highest BCUT2D eigenvalue weighted by Crippen LogP contribution is 2.08. The summed E-state index contributed by atoms with van der Waals surface area (Å²) in [5.74, 6) is 0.